The predicted octanol–water partition coefficient (Wildman–Crippen LogP) is 4.58. The van der Waals surface area contributed by atoms with Gasteiger partial charge in [-0.1, -0.05) is 31.0 Å². The fraction of sp³-hybridized carbons (Fsp3) is 0.304. The lowest BCUT2D eigenvalue weighted by Crippen LogP contribution is -2.47. The summed E-state index contributed by atoms with van der Waals surface area (Å²) < 4.78 is 26.1. The van der Waals surface area contributed by atoms with E-state index < -0.39 is 20.5 Å². The van der Waals surface area contributed by atoms with Crippen molar-refractivity contribution in [1.82, 2.24) is 4.98 Å². The minimum Gasteiger partial charge on any atom is -0.324 e. The van der Waals surface area contributed by atoms with E-state index in [0.717, 1.165) is 16.5 Å². The molecule has 0 unspecified atom stereocenters. The highest BCUT2D eigenvalue weighted by Crippen LogP contribution is 2.42. The average Bonchev–Trinajstić information content (AvgIpc) is 3.22. The molecule has 3 aromatic rings. The van der Waals surface area contributed by atoms with Gasteiger partial charge in [0.2, 0.25) is 5.91 Å². The normalized spacial score (nSPS) is 16.1. The first-order chi connectivity index (χ1) is 13.8. The molecule has 1 heterocycles. The Hall–Kier alpha value is -2.73. The van der Waals surface area contributed by atoms with Gasteiger partial charge < -0.3 is 5.32 Å². The van der Waals surface area contributed by atoms with E-state index in [-0.39, 0.29) is 4.90 Å². The summed E-state index contributed by atoms with van der Waals surface area (Å²) >= 11 is 0. The van der Waals surface area contributed by atoms with Gasteiger partial charge in [-0.2, -0.15) is 0 Å². The first-order valence-corrected chi connectivity index (χ1v) is 11.3. The van der Waals surface area contributed by atoms with E-state index in [1.807, 2.05) is 31.2 Å². The summed E-state index contributed by atoms with van der Waals surface area (Å²) in [5.41, 5.74) is 2.87. The summed E-state index contributed by atoms with van der Waals surface area (Å²) in [5.74, 6) is -0.452. The van der Waals surface area contributed by atoms with Crippen LogP contribution < -0.4 is 5.32 Å². The Kier molecular flexibility index (Phi) is 4.90. The van der Waals surface area contributed by atoms with Crippen LogP contribution in [0.1, 0.15) is 36.8 Å². The van der Waals surface area contributed by atoms with Gasteiger partial charge in [-0.25, -0.2) is 8.42 Å². The van der Waals surface area contributed by atoms with Gasteiger partial charge in [0.15, 0.2) is 14.6 Å². The van der Waals surface area contributed by atoms with E-state index >= 15 is 0 Å². The van der Waals surface area contributed by atoms with Crippen LogP contribution in [0.5, 0.6) is 0 Å². The van der Waals surface area contributed by atoms with E-state index in [9.17, 15) is 13.2 Å². The topological polar surface area (TPSA) is 76.1 Å². The molecule has 5 nitrogen and oxygen atoms in total. The highest BCUT2D eigenvalue weighted by Gasteiger charge is 2.53. The maximum absolute atomic E-state index is 13.8. The standard InChI is InChI=1S/C23H24N2O3S/c1-16-10-11-17(2)21(15-16)29(27,28)23(12-3-4-13-23)22(26)25-20-9-5-8-19-18(20)7-6-14-24-19/h5-11,14-15H,3-4,12-13H2,1-2H3,(H,25,26). The Labute approximate surface area is 171 Å². The molecule has 4 rings (SSSR count). The SMILES string of the molecule is Cc1ccc(C)c(S(=O)(=O)C2(C(=O)Nc3cccc4ncccc34)CCCC2)c1. The summed E-state index contributed by atoms with van der Waals surface area (Å²) in [4.78, 5) is 18.1. The Morgan fingerprint density at radius 2 is 1.79 bits per heavy atom. The minimum atomic E-state index is -3.85. The highest BCUT2D eigenvalue weighted by atomic mass is 32.2. The number of aryl methyl sites for hydroxylation is 2. The maximum atomic E-state index is 13.8. The molecule has 0 atom stereocenters. The number of anilines is 1. The van der Waals surface area contributed by atoms with Crippen LogP contribution >= 0.6 is 0 Å². The van der Waals surface area contributed by atoms with E-state index in [2.05, 4.69) is 10.3 Å². The Morgan fingerprint density at radius 3 is 2.55 bits per heavy atom. The number of aromatic nitrogens is 1. The van der Waals surface area contributed by atoms with E-state index in [1.165, 1.54) is 0 Å². The van der Waals surface area contributed by atoms with Gasteiger partial charge in [0.1, 0.15) is 0 Å². The van der Waals surface area contributed by atoms with Gasteiger partial charge in [0.05, 0.1) is 16.1 Å². The van der Waals surface area contributed by atoms with Crippen LogP contribution in [-0.2, 0) is 14.6 Å². The molecule has 0 bridgehead atoms. The fourth-order valence-corrected chi connectivity index (χ4v) is 6.59. The number of nitrogens with zero attached hydrogens (tertiary/aromatic N) is 1. The summed E-state index contributed by atoms with van der Waals surface area (Å²) in [7, 11) is -3.85. The van der Waals surface area contributed by atoms with Crippen molar-refractivity contribution < 1.29 is 13.2 Å². The lowest BCUT2D eigenvalue weighted by atomic mass is 10.1. The monoisotopic (exact) mass is 408 g/mol. The number of sulfone groups is 1. The number of hydrogen-bond donors (Lipinski definition) is 1. The first kappa shape index (κ1) is 19.6. The molecular formula is C23H24N2O3S. The van der Waals surface area contributed by atoms with Crippen molar-refractivity contribution in [3.8, 4) is 0 Å². The third-order valence-corrected chi connectivity index (χ3v) is 8.51. The lowest BCUT2D eigenvalue weighted by molar-refractivity contribution is -0.118. The van der Waals surface area contributed by atoms with Crippen LogP contribution in [0.4, 0.5) is 5.69 Å². The number of hydrogen-bond acceptors (Lipinski definition) is 4. The average molecular weight is 409 g/mol. The van der Waals surface area contributed by atoms with Crippen molar-refractivity contribution >= 4 is 32.3 Å². The summed E-state index contributed by atoms with van der Waals surface area (Å²) in [6.45, 7) is 3.65. The minimum absolute atomic E-state index is 0.258. The molecule has 1 fully saturated rings. The molecule has 150 valence electrons. The number of rotatable bonds is 4. The van der Waals surface area contributed by atoms with E-state index in [0.29, 0.717) is 36.9 Å². The molecule has 1 saturated carbocycles. The Balaban J connectivity index is 1.79. The molecule has 2 aromatic carbocycles. The van der Waals surface area contributed by atoms with Crippen molar-refractivity contribution in [3.05, 3.63) is 65.9 Å². The molecule has 6 heteroatoms. The number of carbonyl (C=O) groups excluding carboxylic acids is 1. The van der Waals surface area contributed by atoms with Crippen LogP contribution in [0.15, 0.2) is 59.6 Å². The number of amides is 1. The van der Waals surface area contributed by atoms with Crippen molar-refractivity contribution in [3.63, 3.8) is 0 Å². The summed E-state index contributed by atoms with van der Waals surface area (Å²) in [5, 5.41) is 3.71. The third kappa shape index (κ3) is 3.21. The van der Waals surface area contributed by atoms with E-state index in [1.54, 1.807) is 37.4 Å². The summed E-state index contributed by atoms with van der Waals surface area (Å²) in [6, 6.07) is 14.5. The molecule has 1 aliphatic carbocycles. The van der Waals surface area contributed by atoms with E-state index in [4.69, 9.17) is 0 Å². The maximum Gasteiger partial charge on any atom is 0.246 e. The van der Waals surface area contributed by atoms with Crippen LogP contribution in [0.2, 0.25) is 0 Å². The smallest absolute Gasteiger partial charge is 0.246 e. The van der Waals surface area contributed by atoms with Crippen molar-refractivity contribution in [2.75, 3.05) is 5.32 Å². The quantitative estimate of drug-likeness (QED) is 0.686. The second-order valence-electron chi connectivity index (χ2n) is 7.80. The predicted molar refractivity (Wildman–Crippen MR) is 115 cm³/mol. The van der Waals surface area contributed by atoms with Crippen LogP contribution in [0, 0.1) is 13.8 Å². The molecule has 1 amide bonds. The number of nitrogens with one attached hydrogen (secondary N) is 1. The second kappa shape index (κ2) is 7.26. The van der Waals surface area contributed by atoms with Gasteiger partial charge >= 0.3 is 0 Å². The number of carbonyl (C=O) groups is 1. The fourth-order valence-electron chi connectivity index (χ4n) is 4.22. The summed E-state index contributed by atoms with van der Waals surface area (Å²) in [6.07, 6.45) is 3.79. The van der Waals surface area contributed by atoms with Gasteiger partial charge in [-0.15, -0.1) is 0 Å². The molecule has 0 radical (unpaired) electrons. The molecule has 0 saturated heterocycles. The number of fused-ring (bicyclic) bond motifs is 1. The van der Waals surface area contributed by atoms with Gasteiger partial charge in [0.25, 0.3) is 0 Å². The van der Waals surface area contributed by atoms with Gasteiger partial charge in [-0.05, 0) is 68.1 Å². The van der Waals surface area contributed by atoms with Crippen molar-refractivity contribution in [2.24, 2.45) is 0 Å². The molecule has 29 heavy (non-hydrogen) atoms. The molecule has 0 spiro atoms. The van der Waals surface area contributed by atoms with Crippen molar-refractivity contribution in [2.45, 2.75) is 49.2 Å². The largest absolute Gasteiger partial charge is 0.324 e. The molecular weight excluding hydrogens is 384 g/mol. The Bertz CT molecular complexity index is 1190. The zero-order valence-corrected chi connectivity index (χ0v) is 17.4. The zero-order chi connectivity index (χ0) is 20.6. The first-order valence-electron chi connectivity index (χ1n) is 9.82. The van der Waals surface area contributed by atoms with Crippen LogP contribution in [0.25, 0.3) is 10.9 Å². The van der Waals surface area contributed by atoms with Gasteiger partial charge in [0, 0.05) is 11.6 Å². The number of pyridine rings is 1. The number of benzene rings is 2. The zero-order valence-electron chi connectivity index (χ0n) is 16.6. The molecule has 1 N–H and O–H groups in total. The Morgan fingerprint density at radius 1 is 1.03 bits per heavy atom. The molecule has 0 aliphatic heterocycles. The van der Waals surface area contributed by atoms with Crippen LogP contribution in [-0.4, -0.2) is 24.1 Å². The molecule has 1 aliphatic rings. The van der Waals surface area contributed by atoms with Crippen LogP contribution in [0.3, 0.4) is 0 Å². The lowest BCUT2D eigenvalue weighted by Gasteiger charge is -2.28. The highest BCUT2D eigenvalue weighted by molar-refractivity contribution is 7.93. The second-order valence-corrected chi connectivity index (χ2v) is 10.0. The van der Waals surface area contributed by atoms with Crippen molar-refractivity contribution in [1.29, 1.82) is 0 Å². The molecule has 1 aromatic heterocycles. The van der Waals surface area contributed by atoms with Gasteiger partial charge in [-0.3, -0.25) is 9.78 Å². The third-order valence-electron chi connectivity index (χ3n) is 5.87.